The molecule has 1 saturated heterocycles. The van der Waals surface area contributed by atoms with Crippen LogP contribution in [-0.2, 0) is 15.5 Å². The van der Waals surface area contributed by atoms with E-state index < -0.39 is 10.8 Å². The zero-order valence-corrected chi connectivity index (χ0v) is 10.6. The molecule has 90 valence electrons. The first-order valence-electron chi connectivity index (χ1n) is 5.85. The number of nitrogens with one attached hydrogen (secondary N) is 1. The van der Waals surface area contributed by atoms with Gasteiger partial charge in [0.1, 0.15) is 0 Å². The predicted octanol–water partition coefficient (Wildman–Crippen LogP) is 1.16. The summed E-state index contributed by atoms with van der Waals surface area (Å²) in [6.45, 7) is 5.02. The monoisotopic (exact) mass is 233 g/mol. The van der Waals surface area contributed by atoms with E-state index in [0.717, 1.165) is 38.4 Å². The third kappa shape index (κ3) is 5.09. The van der Waals surface area contributed by atoms with Crippen LogP contribution in [0, 0.1) is 5.92 Å². The zero-order chi connectivity index (χ0) is 11.1. The first-order chi connectivity index (χ1) is 7.24. The van der Waals surface area contributed by atoms with Gasteiger partial charge in [0, 0.05) is 35.5 Å². The van der Waals surface area contributed by atoms with Gasteiger partial charge in [-0.3, -0.25) is 4.21 Å². The largest absolute Gasteiger partial charge is 0.381 e. The molecule has 3 nitrogen and oxygen atoms in total. The van der Waals surface area contributed by atoms with Gasteiger partial charge in [0.2, 0.25) is 0 Å². The van der Waals surface area contributed by atoms with Gasteiger partial charge in [-0.1, -0.05) is 6.92 Å². The van der Waals surface area contributed by atoms with Crippen molar-refractivity contribution in [2.75, 3.05) is 31.8 Å². The second-order valence-electron chi connectivity index (χ2n) is 4.22. The molecule has 1 fully saturated rings. The Balaban J connectivity index is 2.13. The summed E-state index contributed by atoms with van der Waals surface area (Å²) >= 11 is 0. The summed E-state index contributed by atoms with van der Waals surface area (Å²) in [5.41, 5.74) is 0. The van der Waals surface area contributed by atoms with Crippen molar-refractivity contribution in [2.45, 2.75) is 32.2 Å². The Bertz CT molecular complexity index is 193. The van der Waals surface area contributed by atoms with Crippen LogP contribution < -0.4 is 5.32 Å². The molecule has 1 heterocycles. The van der Waals surface area contributed by atoms with Crippen LogP contribution in [-0.4, -0.2) is 42.0 Å². The quantitative estimate of drug-likeness (QED) is 0.671. The molecule has 0 radical (unpaired) electrons. The SMILES string of the molecule is CCC(NCCCS(C)=O)C1CCOC1. The molecule has 0 saturated carbocycles. The Hall–Kier alpha value is 0.0700. The van der Waals surface area contributed by atoms with E-state index in [-0.39, 0.29) is 0 Å². The molecular weight excluding hydrogens is 210 g/mol. The fourth-order valence-corrected chi connectivity index (χ4v) is 2.63. The molecule has 1 N–H and O–H groups in total. The minimum absolute atomic E-state index is 0.581. The van der Waals surface area contributed by atoms with E-state index in [9.17, 15) is 4.21 Å². The molecule has 3 atom stereocenters. The van der Waals surface area contributed by atoms with Gasteiger partial charge in [0.05, 0.1) is 6.61 Å². The normalized spacial score (nSPS) is 25.3. The highest BCUT2D eigenvalue weighted by atomic mass is 32.2. The third-order valence-corrected chi connectivity index (χ3v) is 3.85. The molecule has 0 aliphatic carbocycles. The van der Waals surface area contributed by atoms with E-state index in [1.54, 1.807) is 6.26 Å². The van der Waals surface area contributed by atoms with Crippen LogP contribution in [0.5, 0.6) is 0 Å². The number of hydrogen-bond acceptors (Lipinski definition) is 3. The molecule has 0 aromatic rings. The molecule has 0 aromatic heterocycles. The number of hydrogen-bond donors (Lipinski definition) is 1. The van der Waals surface area contributed by atoms with Crippen molar-refractivity contribution < 1.29 is 8.95 Å². The van der Waals surface area contributed by atoms with Crippen LogP contribution in [0.15, 0.2) is 0 Å². The van der Waals surface area contributed by atoms with Gasteiger partial charge >= 0.3 is 0 Å². The van der Waals surface area contributed by atoms with Gasteiger partial charge < -0.3 is 10.1 Å². The van der Waals surface area contributed by atoms with Crippen LogP contribution in [0.1, 0.15) is 26.2 Å². The lowest BCUT2D eigenvalue weighted by Gasteiger charge is -2.22. The number of ether oxygens (including phenoxy) is 1. The Kier molecular flexibility index (Phi) is 6.45. The van der Waals surface area contributed by atoms with E-state index in [1.165, 1.54) is 6.42 Å². The topological polar surface area (TPSA) is 38.3 Å². The molecule has 0 amide bonds. The minimum Gasteiger partial charge on any atom is -0.381 e. The smallest absolute Gasteiger partial charge is 0.0509 e. The number of rotatable bonds is 7. The summed E-state index contributed by atoms with van der Waals surface area (Å²) in [7, 11) is -0.649. The van der Waals surface area contributed by atoms with Gasteiger partial charge in [-0.25, -0.2) is 0 Å². The second kappa shape index (κ2) is 7.36. The maximum atomic E-state index is 10.9. The van der Waals surface area contributed by atoms with Gasteiger partial charge in [-0.05, 0) is 31.7 Å². The summed E-state index contributed by atoms with van der Waals surface area (Å²) in [5.74, 6) is 1.49. The van der Waals surface area contributed by atoms with Crippen molar-refractivity contribution in [1.82, 2.24) is 5.32 Å². The van der Waals surface area contributed by atoms with Crippen LogP contribution in [0.4, 0.5) is 0 Å². The standard InChI is InChI=1S/C11H23NO2S/c1-3-11(10-5-7-14-9-10)12-6-4-8-15(2)13/h10-12H,3-9H2,1-2H3. The lowest BCUT2D eigenvalue weighted by molar-refractivity contribution is 0.176. The highest BCUT2D eigenvalue weighted by Crippen LogP contribution is 2.18. The van der Waals surface area contributed by atoms with Crippen molar-refractivity contribution in [2.24, 2.45) is 5.92 Å². The van der Waals surface area contributed by atoms with Gasteiger partial charge in [-0.15, -0.1) is 0 Å². The Morgan fingerprint density at radius 3 is 2.93 bits per heavy atom. The summed E-state index contributed by atoms with van der Waals surface area (Å²) in [4.78, 5) is 0. The van der Waals surface area contributed by atoms with Crippen molar-refractivity contribution in [3.8, 4) is 0 Å². The van der Waals surface area contributed by atoms with Crippen molar-refractivity contribution in [3.63, 3.8) is 0 Å². The lowest BCUT2D eigenvalue weighted by Crippen LogP contribution is -2.37. The minimum atomic E-state index is -0.649. The fourth-order valence-electron chi connectivity index (χ4n) is 2.08. The molecule has 0 bridgehead atoms. The molecule has 1 aliphatic rings. The fraction of sp³-hybridized carbons (Fsp3) is 1.00. The summed E-state index contributed by atoms with van der Waals surface area (Å²) < 4.78 is 16.3. The Labute approximate surface area is 95.4 Å². The first-order valence-corrected chi connectivity index (χ1v) is 7.58. The summed E-state index contributed by atoms with van der Waals surface area (Å²) in [5, 5.41) is 3.55. The second-order valence-corrected chi connectivity index (χ2v) is 5.78. The van der Waals surface area contributed by atoms with Crippen molar-refractivity contribution in [3.05, 3.63) is 0 Å². The maximum absolute atomic E-state index is 10.9. The average Bonchev–Trinajstić information content (AvgIpc) is 2.70. The Morgan fingerprint density at radius 1 is 1.60 bits per heavy atom. The van der Waals surface area contributed by atoms with E-state index >= 15 is 0 Å². The van der Waals surface area contributed by atoms with Crippen LogP contribution in [0.3, 0.4) is 0 Å². The highest BCUT2D eigenvalue weighted by Gasteiger charge is 2.23. The molecule has 0 aromatic carbocycles. The summed E-state index contributed by atoms with van der Waals surface area (Å²) in [6.07, 6.45) is 5.11. The average molecular weight is 233 g/mol. The van der Waals surface area contributed by atoms with Gasteiger partial charge in [0.25, 0.3) is 0 Å². The molecule has 4 heteroatoms. The Morgan fingerprint density at radius 2 is 2.40 bits per heavy atom. The predicted molar refractivity (Wildman–Crippen MR) is 64.6 cm³/mol. The van der Waals surface area contributed by atoms with E-state index in [4.69, 9.17) is 4.74 Å². The zero-order valence-electron chi connectivity index (χ0n) is 9.83. The molecular formula is C11H23NO2S. The van der Waals surface area contributed by atoms with Gasteiger partial charge in [-0.2, -0.15) is 0 Å². The van der Waals surface area contributed by atoms with E-state index in [2.05, 4.69) is 12.2 Å². The van der Waals surface area contributed by atoms with Crippen LogP contribution in [0.25, 0.3) is 0 Å². The maximum Gasteiger partial charge on any atom is 0.0509 e. The summed E-state index contributed by atoms with van der Waals surface area (Å²) in [6, 6.07) is 0.581. The molecule has 0 spiro atoms. The molecule has 15 heavy (non-hydrogen) atoms. The molecule has 1 aliphatic heterocycles. The van der Waals surface area contributed by atoms with E-state index in [1.807, 2.05) is 0 Å². The first kappa shape index (κ1) is 13.1. The van der Waals surface area contributed by atoms with Crippen LogP contribution >= 0.6 is 0 Å². The highest BCUT2D eigenvalue weighted by molar-refractivity contribution is 7.84. The third-order valence-electron chi connectivity index (χ3n) is 2.99. The van der Waals surface area contributed by atoms with Crippen LogP contribution in [0.2, 0.25) is 0 Å². The molecule has 3 unspecified atom stereocenters. The van der Waals surface area contributed by atoms with Crippen molar-refractivity contribution in [1.29, 1.82) is 0 Å². The van der Waals surface area contributed by atoms with E-state index in [0.29, 0.717) is 12.0 Å². The van der Waals surface area contributed by atoms with Crippen molar-refractivity contribution >= 4 is 10.8 Å². The van der Waals surface area contributed by atoms with Gasteiger partial charge in [0.15, 0.2) is 0 Å². The lowest BCUT2D eigenvalue weighted by atomic mass is 9.97. The molecule has 1 rings (SSSR count).